The molecule has 1 aromatic heterocycles. The van der Waals surface area contributed by atoms with E-state index in [2.05, 4.69) is 9.97 Å². The van der Waals surface area contributed by atoms with Crippen molar-refractivity contribution in [1.82, 2.24) is 14.9 Å². The quantitative estimate of drug-likeness (QED) is 0.912. The van der Waals surface area contributed by atoms with Crippen molar-refractivity contribution in [3.8, 4) is 0 Å². The van der Waals surface area contributed by atoms with Crippen molar-refractivity contribution >= 4 is 6.09 Å². The summed E-state index contributed by atoms with van der Waals surface area (Å²) in [5, 5.41) is 0. The second-order valence-corrected chi connectivity index (χ2v) is 4.98. The third kappa shape index (κ3) is 2.52. The highest BCUT2D eigenvalue weighted by molar-refractivity contribution is 5.68. The van der Waals surface area contributed by atoms with Gasteiger partial charge in [0, 0.05) is 13.0 Å². The summed E-state index contributed by atoms with van der Waals surface area (Å²) in [7, 11) is 0. The van der Waals surface area contributed by atoms with Gasteiger partial charge in [0.1, 0.15) is 6.61 Å². The Morgan fingerprint density at radius 2 is 2.30 bits per heavy atom. The number of imidazole rings is 1. The summed E-state index contributed by atoms with van der Waals surface area (Å²) in [5.74, 6) is 0. The second-order valence-electron chi connectivity index (χ2n) is 4.98. The maximum atomic E-state index is 12.1. The lowest BCUT2D eigenvalue weighted by Gasteiger charge is -2.25. The molecule has 2 heterocycles. The summed E-state index contributed by atoms with van der Waals surface area (Å²) >= 11 is 0. The molecule has 2 aromatic rings. The molecule has 0 saturated heterocycles. The van der Waals surface area contributed by atoms with Gasteiger partial charge in [-0.25, -0.2) is 9.78 Å². The molecule has 0 radical (unpaired) electrons. The Balaban J connectivity index is 1.59. The molecule has 0 bridgehead atoms. The van der Waals surface area contributed by atoms with Crippen LogP contribution in [0.2, 0.25) is 0 Å². The number of aromatic amines is 1. The molecule has 3 rings (SSSR count). The van der Waals surface area contributed by atoms with Gasteiger partial charge in [-0.2, -0.15) is 0 Å². The Labute approximate surface area is 117 Å². The highest BCUT2D eigenvalue weighted by Gasteiger charge is 2.23. The molecule has 104 valence electrons. The number of aryl methyl sites for hydroxylation is 1. The molecule has 0 saturated carbocycles. The number of benzene rings is 1. The first-order valence-electron chi connectivity index (χ1n) is 6.71. The fraction of sp³-hybridized carbons (Fsp3) is 0.333. The third-order valence-corrected chi connectivity index (χ3v) is 3.65. The van der Waals surface area contributed by atoms with E-state index in [0.29, 0.717) is 19.7 Å². The predicted octanol–water partition coefficient (Wildman–Crippen LogP) is 2.41. The first kappa shape index (κ1) is 12.7. The molecule has 0 unspecified atom stereocenters. The molecular formula is C15H17N3O2. The highest BCUT2D eigenvalue weighted by Crippen LogP contribution is 2.16. The summed E-state index contributed by atoms with van der Waals surface area (Å²) in [5.41, 5.74) is 4.23. The van der Waals surface area contributed by atoms with Crippen molar-refractivity contribution in [3.63, 3.8) is 0 Å². The fourth-order valence-corrected chi connectivity index (χ4v) is 2.37. The monoisotopic (exact) mass is 271 g/mol. The second kappa shape index (κ2) is 5.36. The number of hydrogen-bond acceptors (Lipinski definition) is 3. The van der Waals surface area contributed by atoms with Crippen LogP contribution in [0.15, 0.2) is 30.6 Å². The number of nitrogens with zero attached hydrogens (tertiary/aromatic N) is 2. The molecule has 5 heteroatoms. The Hall–Kier alpha value is -2.30. The van der Waals surface area contributed by atoms with Crippen LogP contribution >= 0.6 is 0 Å². The molecule has 0 aliphatic carbocycles. The van der Waals surface area contributed by atoms with Crippen molar-refractivity contribution in [2.24, 2.45) is 0 Å². The highest BCUT2D eigenvalue weighted by atomic mass is 16.6. The zero-order valence-corrected chi connectivity index (χ0v) is 11.4. The molecular weight excluding hydrogens is 254 g/mol. The molecule has 0 fully saturated rings. The van der Waals surface area contributed by atoms with Gasteiger partial charge in [0.25, 0.3) is 0 Å². The van der Waals surface area contributed by atoms with Crippen molar-refractivity contribution in [2.45, 2.75) is 26.5 Å². The summed E-state index contributed by atoms with van der Waals surface area (Å²) in [6, 6.07) is 7.92. The number of ether oxygens (including phenoxy) is 1. The Kier molecular flexibility index (Phi) is 3.41. The van der Waals surface area contributed by atoms with Crippen LogP contribution in [0.5, 0.6) is 0 Å². The maximum Gasteiger partial charge on any atom is 0.410 e. The number of carbonyl (C=O) groups is 1. The molecule has 20 heavy (non-hydrogen) atoms. The fourth-order valence-electron chi connectivity index (χ4n) is 2.37. The molecule has 5 nitrogen and oxygen atoms in total. The predicted molar refractivity (Wildman–Crippen MR) is 74.1 cm³/mol. The van der Waals surface area contributed by atoms with E-state index in [1.54, 1.807) is 11.2 Å². The number of carbonyl (C=O) groups excluding carboxylic acids is 1. The minimum atomic E-state index is -0.270. The summed E-state index contributed by atoms with van der Waals surface area (Å²) in [6.07, 6.45) is 2.18. The number of fused-ring (bicyclic) bond motifs is 1. The molecule has 0 spiro atoms. The van der Waals surface area contributed by atoms with Gasteiger partial charge in [-0.3, -0.25) is 0 Å². The SMILES string of the molecule is Cc1ccccc1COC(=O)N1CCc2nc[nH]c2C1. The van der Waals surface area contributed by atoms with Gasteiger partial charge < -0.3 is 14.6 Å². The molecule has 1 N–H and O–H groups in total. The zero-order chi connectivity index (χ0) is 13.9. The zero-order valence-electron chi connectivity index (χ0n) is 11.4. The van der Waals surface area contributed by atoms with Crippen LogP contribution in [0.25, 0.3) is 0 Å². The van der Waals surface area contributed by atoms with E-state index >= 15 is 0 Å². The van der Waals surface area contributed by atoms with Crippen molar-refractivity contribution in [3.05, 3.63) is 53.1 Å². The lowest BCUT2D eigenvalue weighted by Crippen LogP contribution is -2.36. The lowest BCUT2D eigenvalue weighted by molar-refractivity contribution is 0.0911. The Morgan fingerprint density at radius 3 is 3.15 bits per heavy atom. The molecule has 1 aromatic carbocycles. The molecule has 0 atom stereocenters. The van der Waals surface area contributed by atoms with Gasteiger partial charge in [0.05, 0.1) is 24.3 Å². The van der Waals surface area contributed by atoms with Crippen LogP contribution in [0.4, 0.5) is 4.79 Å². The topological polar surface area (TPSA) is 58.2 Å². The number of rotatable bonds is 2. The van der Waals surface area contributed by atoms with Gasteiger partial charge in [0.15, 0.2) is 0 Å². The maximum absolute atomic E-state index is 12.1. The van der Waals surface area contributed by atoms with Gasteiger partial charge in [-0.1, -0.05) is 24.3 Å². The van der Waals surface area contributed by atoms with Gasteiger partial charge in [-0.15, -0.1) is 0 Å². The van der Waals surface area contributed by atoms with Crippen LogP contribution in [0.3, 0.4) is 0 Å². The van der Waals surface area contributed by atoms with E-state index in [1.165, 1.54) is 0 Å². The number of hydrogen-bond donors (Lipinski definition) is 1. The first-order valence-corrected chi connectivity index (χ1v) is 6.71. The van der Waals surface area contributed by atoms with E-state index in [0.717, 1.165) is 28.9 Å². The van der Waals surface area contributed by atoms with E-state index in [1.807, 2.05) is 31.2 Å². The molecule has 1 aliphatic heterocycles. The van der Waals surface area contributed by atoms with E-state index in [-0.39, 0.29) is 6.09 Å². The number of amides is 1. The first-order chi connectivity index (χ1) is 9.74. The van der Waals surface area contributed by atoms with Crippen LogP contribution < -0.4 is 0 Å². The van der Waals surface area contributed by atoms with Crippen molar-refractivity contribution in [2.75, 3.05) is 6.54 Å². The van der Waals surface area contributed by atoms with Crippen molar-refractivity contribution < 1.29 is 9.53 Å². The van der Waals surface area contributed by atoms with Gasteiger partial charge in [-0.05, 0) is 18.1 Å². The number of H-pyrrole nitrogens is 1. The van der Waals surface area contributed by atoms with E-state index in [4.69, 9.17) is 4.74 Å². The molecule has 1 aliphatic rings. The third-order valence-electron chi connectivity index (χ3n) is 3.65. The number of aromatic nitrogens is 2. The average Bonchev–Trinajstić information content (AvgIpc) is 2.93. The molecule has 1 amide bonds. The smallest absolute Gasteiger partial charge is 0.410 e. The van der Waals surface area contributed by atoms with Crippen LogP contribution in [-0.4, -0.2) is 27.5 Å². The van der Waals surface area contributed by atoms with E-state index in [9.17, 15) is 4.79 Å². The summed E-state index contributed by atoms with van der Waals surface area (Å²) in [6.45, 7) is 3.53. The van der Waals surface area contributed by atoms with Gasteiger partial charge >= 0.3 is 6.09 Å². The van der Waals surface area contributed by atoms with Crippen LogP contribution in [-0.2, 0) is 24.3 Å². The summed E-state index contributed by atoms with van der Waals surface area (Å²) < 4.78 is 5.39. The van der Waals surface area contributed by atoms with E-state index < -0.39 is 0 Å². The van der Waals surface area contributed by atoms with Crippen LogP contribution in [0.1, 0.15) is 22.5 Å². The average molecular weight is 271 g/mol. The Bertz CT molecular complexity index is 621. The normalized spacial score (nSPS) is 13.9. The standard InChI is InChI=1S/C15H17N3O2/c1-11-4-2-3-5-12(11)9-20-15(19)18-7-6-13-14(8-18)17-10-16-13/h2-5,10H,6-9H2,1H3,(H,16,17). The Morgan fingerprint density at radius 1 is 1.45 bits per heavy atom. The van der Waals surface area contributed by atoms with Crippen molar-refractivity contribution in [1.29, 1.82) is 0 Å². The lowest BCUT2D eigenvalue weighted by atomic mass is 10.1. The van der Waals surface area contributed by atoms with Crippen LogP contribution in [0, 0.1) is 6.92 Å². The number of nitrogens with one attached hydrogen (secondary N) is 1. The van der Waals surface area contributed by atoms with Gasteiger partial charge in [0.2, 0.25) is 0 Å². The largest absolute Gasteiger partial charge is 0.445 e. The summed E-state index contributed by atoms with van der Waals surface area (Å²) in [4.78, 5) is 21.1. The minimum absolute atomic E-state index is 0.270. The minimum Gasteiger partial charge on any atom is -0.445 e.